The van der Waals surface area contributed by atoms with E-state index in [1.165, 1.54) is 17.2 Å². The lowest BCUT2D eigenvalue weighted by atomic mass is 10.3. The molecule has 9 heteroatoms. The molecule has 0 aromatic rings. The predicted octanol–water partition coefficient (Wildman–Crippen LogP) is 0.482. The van der Waals surface area contributed by atoms with Crippen molar-refractivity contribution in [3.05, 3.63) is 11.0 Å². The maximum Gasteiger partial charge on any atom is 0.173 e. The topological polar surface area (TPSA) is 80.3 Å². The van der Waals surface area contributed by atoms with Crippen LogP contribution in [0.2, 0.25) is 0 Å². The molecule has 0 aromatic carbocycles. The zero-order valence-corrected chi connectivity index (χ0v) is 13.6. The molecular weight excluding hydrogens is 326 g/mol. The largest absolute Gasteiger partial charge is 0.367 e. The van der Waals surface area contributed by atoms with E-state index in [-0.39, 0.29) is 28.6 Å². The molecule has 2 heterocycles. The number of thiocarbonyl (C=S) groups is 1. The highest BCUT2D eigenvalue weighted by Gasteiger charge is 2.31. The highest BCUT2D eigenvalue weighted by atomic mass is 32.2. The van der Waals surface area contributed by atoms with E-state index in [0.29, 0.717) is 10.7 Å². The van der Waals surface area contributed by atoms with Crippen LogP contribution >= 0.6 is 24.0 Å². The summed E-state index contributed by atoms with van der Waals surface area (Å²) in [4.78, 5) is 0. The van der Waals surface area contributed by atoms with Gasteiger partial charge in [0.05, 0.1) is 17.3 Å². The number of sulfone groups is 2. The normalized spacial score (nSPS) is 31.9. The predicted molar refractivity (Wildman–Crippen MR) is 81.7 cm³/mol. The first-order chi connectivity index (χ1) is 8.67. The van der Waals surface area contributed by atoms with Gasteiger partial charge in [-0.25, -0.2) is 16.8 Å². The Bertz CT molecular complexity index is 620. The average molecular weight is 342 g/mol. The molecule has 1 saturated heterocycles. The summed E-state index contributed by atoms with van der Waals surface area (Å²) in [5.41, 5.74) is 0.785. The molecule has 0 unspecified atom stereocenters. The van der Waals surface area contributed by atoms with Crippen LogP contribution in [0.5, 0.6) is 0 Å². The standard InChI is InChI=1S/C10H15NO4S4/c1-7-4-19(14,15)6-9(7)17-10(16)11-8-2-3-18(12,13)5-8/h4,8-9H,2-3,5-6H2,1H3,(H,11,16)/t8-,9-/m1/s1. The molecule has 108 valence electrons. The van der Waals surface area contributed by atoms with Gasteiger partial charge in [0.25, 0.3) is 0 Å². The van der Waals surface area contributed by atoms with Crippen molar-refractivity contribution in [2.75, 3.05) is 17.3 Å². The molecule has 1 fully saturated rings. The van der Waals surface area contributed by atoms with E-state index in [1.54, 1.807) is 6.92 Å². The quantitative estimate of drug-likeness (QED) is 0.732. The maximum atomic E-state index is 11.4. The van der Waals surface area contributed by atoms with Crippen LogP contribution in [0.3, 0.4) is 0 Å². The van der Waals surface area contributed by atoms with Crippen LogP contribution in [0.4, 0.5) is 0 Å². The third kappa shape index (κ3) is 4.17. The Balaban J connectivity index is 1.88. The molecule has 0 radical (unpaired) electrons. The molecule has 0 spiro atoms. The van der Waals surface area contributed by atoms with Gasteiger partial charge in [-0.3, -0.25) is 0 Å². The van der Waals surface area contributed by atoms with E-state index < -0.39 is 19.7 Å². The summed E-state index contributed by atoms with van der Waals surface area (Å²) in [5.74, 6) is 0.356. The molecule has 2 aliphatic rings. The second kappa shape index (κ2) is 5.34. The second-order valence-corrected chi connectivity index (χ2v) is 10.8. The Morgan fingerprint density at radius 2 is 2.05 bits per heavy atom. The van der Waals surface area contributed by atoms with Crippen molar-refractivity contribution in [1.82, 2.24) is 5.32 Å². The SMILES string of the molecule is CC1=CS(=O)(=O)C[C@H]1SC(=S)N[C@@H]1CCS(=O)(=O)C1. The lowest BCUT2D eigenvalue weighted by molar-refractivity contribution is 0.600. The van der Waals surface area contributed by atoms with Crippen LogP contribution in [0, 0.1) is 0 Å². The molecule has 2 rings (SSSR count). The Morgan fingerprint density at radius 3 is 2.53 bits per heavy atom. The maximum absolute atomic E-state index is 11.4. The van der Waals surface area contributed by atoms with E-state index in [2.05, 4.69) is 5.32 Å². The fourth-order valence-electron chi connectivity index (χ4n) is 2.12. The minimum atomic E-state index is -3.10. The zero-order chi connectivity index (χ0) is 14.3. The number of rotatable bonds is 2. The Kier molecular flexibility index (Phi) is 4.29. The van der Waals surface area contributed by atoms with Crippen LogP contribution < -0.4 is 5.32 Å². The Labute approximate surface area is 123 Å². The van der Waals surface area contributed by atoms with Gasteiger partial charge in [0.1, 0.15) is 4.32 Å². The summed E-state index contributed by atoms with van der Waals surface area (Å²) in [6.45, 7) is 1.77. The molecule has 0 saturated carbocycles. The van der Waals surface area contributed by atoms with Crippen molar-refractivity contribution in [3.8, 4) is 0 Å². The summed E-state index contributed by atoms with van der Waals surface area (Å²) in [7, 11) is -6.04. The first-order valence-corrected chi connectivity index (χ1v) is 10.6. The van der Waals surface area contributed by atoms with Gasteiger partial charge in [-0.05, 0) is 18.9 Å². The van der Waals surface area contributed by atoms with Gasteiger partial charge in [0, 0.05) is 16.7 Å². The lowest BCUT2D eigenvalue weighted by Crippen LogP contribution is -2.34. The summed E-state index contributed by atoms with van der Waals surface area (Å²) in [6, 6.07) is -0.146. The Hall–Kier alpha value is -0.120. The van der Waals surface area contributed by atoms with Crippen molar-refractivity contribution < 1.29 is 16.8 Å². The number of nitrogens with one attached hydrogen (secondary N) is 1. The summed E-state index contributed by atoms with van der Waals surface area (Å²) < 4.78 is 46.0. The second-order valence-electron chi connectivity index (χ2n) is 4.83. The van der Waals surface area contributed by atoms with E-state index in [1.807, 2.05) is 0 Å². The third-order valence-corrected chi connectivity index (χ3v) is 8.13. The van der Waals surface area contributed by atoms with Crippen LogP contribution in [0.15, 0.2) is 11.0 Å². The van der Waals surface area contributed by atoms with Gasteiger partial charge in [0.2, 0.25) is 0 Å². The van der Waals surface area contributed by atoms with Crippen molar-refractivity contribution in [2.24, 2.45) is 0 Å². The van der Waals surface area contributed by atoms with Crippen LogP contribution in [-0.4, -0.2) is 49.7 Å². The van der Waals surface area contributed by atoms with E-state index in [0.717, 1.165) is 5.57 Å². The van der Waals surface area contributed by atoms with Crippen molar-refractivity contribution >= 4 is 48.0 Å². The van der Waals surface area contributed by atoms with Crippen molar-refractivity contribution in [2.45, 2.75) is 24.6 Å². The van der Waals surface area contributed by atoms with Gasteiger partial charge in [0.15, 0.2) is 19.7 Å². The van der Waals surface area contributed by atoms with Crippen LogP contribution in [0.1, 0.15) is 13.3 Å². The third-order valence-electron chi connectivity index (χ3n) is 3.06. The van der Waals surface area contributed by atoms with Gasteiger partial charge >= 0.3 is 0 Å². The van der Waals surface area contributed by atoms with Crippen LogP contribution in [0.25, 0.3) is 0 Å². The molecule has 2 atom stereocenters. The fourth-order valence-corrected chi connectivity index (χ4v) is 7.49. The average Bonchev–Trinajstić information content (AvgIpc) is 2.66. The van der Waals surface area contributed by atoms with Crippen molar-refractivity contribution in [3.63, 3.8) is 0 Å². The van der Waals surface area contributed by atoms with E-state index >= 15 is 0 Å². The highest BCUT2D eigenvalue weighted by Crippen LogP contribution is 2.29. The zero-order valence-electron chi connectivity index (χ0n) is 10.3. The van der Waals surface area contributed by atoms with Gasteiger partial charge in [-0.15, -0.1) is 0 Å². The molecule has 0 aliphatic carbocycles. The van der Waals surface area contributed by atoms with Gasteiger partial charge < -0.3 is 5.32 Å². The molecule has 0 aromatic heterocycles. The monoisotopic (exact) mass is 341 g/mol. The highest BCUT2D eigenvalue weighted by molar-refractivity contribution is 8.23. The molecule has 1 N–H and O–H groups in total. The molecule has 0 amide bonds. The first kappa shape index (κ1) is 15.3. The van der Waals surface area contributed by atoms with Gasteiger partial charge in [-0.1, -0.05) is 24.0 Å². The molecular formula is C10H15NO4S4. The fraction of sp³-hybridized carbons (Fsp3) is 0.700. The summed E-state index contributed by atoms with van der Waals surface area (Å²) >= 11 is 6.45. The first-order valence-electron chi connectivity index (χ1n) is 5.75. The van der Waals surface area contributed by atoms with E-state index in [9.17, 15) is 16.8 Å². The number of hydrogen-bond donors (Lipinski definition) is 1. The minimum Gasteiger partial charge on any atom is -0.367 e. The molecule has 5 nitrogen and oxygen atoms in total. The lowest BCUT2D eigenvalue weighted by Gasteiger charge is -2.16. The number of hydrogen-bond acceptors (Lipinski definition) is 6. The van der Waals surface area contributed by atoms with E-state index in [4.69, 9.17) is 12.2 Å². The minimum absolute atomic E-state index is 0.0638. The summed E-state index contributed by atoms with van der Waals surface area (Å²) in [5, 5.41) is 4.12. The molecule has 2 aliphatic heterocycles. The number of thioether (sulfide) groups is 1. The summed E-state index contributed by atoms with van der Waals surface area (Å²) in [6.07, 6.45) is 0.556. The smallest absolute Gasteiger partial charge is 0.173 e. The molecule has 19 heavy (non-hydrogen) atoms. The van der Waals surface area contributed by atoms with Crippen molar-refractivity contribution in [1.29, 1.82) is 0 Å². The molecule has 0 bridgehead atoms. The van der Waals surface area contributed by atoms with Gasteiger partial charge in [-0.2, -0.15) is 0 Å². The Morgan fingerprint density at radius 1 is 1.37 bits per heavy atom. The van der Waals surface area contributed by atoms with Crippen LogP contribution in [-0.2, 0) is 19.7 Å².